The van der Waals surface area contributed by atoms with Crippen molar-refractivity contribution in [1.82, 2.24) is 4.98 Å². The molecule has 0 radical (unpaired) electrons. The van der Waals surface area contributed by atoms with Crippen LogP contribution in [0.25, 0.3) is 11.1 Å². The second kappa shape index (κ2) is 9.48. The number of nitrogens with one attached hydrogen (secondary N) is 1. The monoisotopic (exact) mass is 410 g/mol. The summed E-state index contributed by atoms with van der Waals surface area (Å²) in [5, 5.41) is 2.43. The molecule has 0 unspecified atom stereocenters. The Morgan fingerprint density at radius 2 is 1.70 bits per heavy atom. The van der Waals surface area contributed by atoms with E-state index >= 15 is 0 Å². The third kappa shape index (κ3) is 4.32. The first-order chi connectivity index (χ1) is 14.6. The summed E-state index contributed by atoms with van der Waals surface area (Å²) >= 11 is 0. The molecular formula is C24H24F2N2O2. The minimum Gasteiger partial charge on any atom is -0.496 e. The summed E-state index contributed by atoms with van der Waals surface area (Å²) < 4.78 is 33.0. The third-order valence-corrected chi connectivity index (χ3v) is 4.92. The maximum atomic E-state index is 13.7. The van der Waals surface area contributed by atoms with Crippen molar-refractivity contribution in [2.24, 2.45) is 0 Å². The Morgan fingerprint density at radius 1 is 1.03 bits per heavy atom. The zero-order valence-electron chi connectivity index (χ0n) is 17.3. The van der Waals surface area contributed by atoms with Crippen molar-refractivity contribution in [3.63, 3.8) is 0 Å². The lowest BCUT2D eigenvalue weighted by atomic mass is 10.0. The summed E-state index contributed by atoms with van der Waals surface area (Å²) in [6.07, 6.45) is 4.84. The van der Waals surface area contributed by atoms with Gasteiger partial charge in [-0.25, -0.2) is 13.8 Å². The number of aryl methyl sites for hydroxylation is 2. The lowest BCUT2D eigenvalue weighted by Gasteiger charge is -2.12. The minimum absolute atomic E-state index is 0.205. The quantitative estimate of drug-likeness (QED) is 0.591. The molecule has 0 aliphatic heterocycles. The molecule has 30 heavy (non-hydrogen) atoms. The summed E-state index contributed by atoms with van der Waals surface area (Å²) in [6, 6.07) is 10.8. The number of aromatic nitrogens is 1. The largest absolute Gasteiger partial charge is 0.496 e. The maximum Gasteiger partial charge on any atom is 0.262 e. The normalized spacial score (nSPS) is 11.9. The van der Waals surface area contributed by atoms with E-state index in [-0.39, 0.29) is 5.82 Å². The number of carbonyl (C=O) groups is 1. The minimum atomic E-state index is -0.919. The zero-order valence-corrected chi connectivity index (χ0v) is 17.3. The summed E-state index contributed by atoms with van der Waals surface area (Å²) in [5.41, 5.74) is 3.75. The molecule has 3 aromatic rings. The molecule has 0 spiro atoms. The molecule has 4 rings (SSSR count). The Kier molecular flexibility index (Phi) is 6.77. The highest BCUT2D eigenvalue weighted by Crippen LogP contribution is 2.36. The second-order valence-corrected chi connectivity index (χ2v) is 6.66. The smallest absolute Gasteiger partial charge is 0.262 e. The van der Waals surface area contributed by atoms with Gasteiger partial charge in [0.05, 0.1) is 7.11 Å². The Labute approximate surface area is 174 Å². The van der Waals surface area contributed by atoms with Crippen molar-refractivity contribution in [2.75, 3.05) is 12.4 Å². The molecule has 0 atom stereocenters. The van der Waals surface area contributed by atoms with Crippen LogP contribution in [0.5, 0.6) is 5.75 Å². The predicted octanol–water partition coefficient (Wildman–Crippen LogP) is 5.80. The number of pyridine rings is 1. The molecule has 1 amide bonds. The number of benzene rings is 2. The van der Waals surface area contributed by atoms with Gasteiger partial charge in [-0.3, -0.25) is 4.79 Å². The molecule has 0 saturated heterocycles. The van der Waals surface area contributed by atoms with E-state index in [1.807, 2.05) is 13.8 Å². The summed E-state index contributed by atoms with van der Waals surface area (Å²) in [6.45, 7) is 4.00. The van der Waals surface area contributed by atoms with Gasteiger partial charge in [-0.15, -0.1) is 0 Å². The maximum absolute atomic E-state index is 13.7. The van der Waals surface area contributed by atoms with Gasteiger partial charge in [-0.1, -0.05) is 19.9 Å². The van der Waals surface area contributed by atoms with Crippen LogP contribution in [0.2, 0.25) is 0 Å². The van der Waals surface area contributed by atoms with Crippen molar-refractivity contribution in [3.05, 3.63) is 77.0 Å². The topological polar surface area (TPSA) is 51.2 Å². The number of hydrogen-bond donors (Lipinski definition) is 1. The van der Waals surface area contributed by atoms with Gasteiger partial charge in [0.2, 0.25) is 0 Å². The molecule has 1 aromatic heterocycles. The van der Waals surface area contributed by atoms with Crippen molar-refractivity contribution in [2.45, 2.75) is 33.1 Å². The van der Waals surface area contributed by atoms with Gasteiger partial charge in [-0.05, 0) is 66.8 Å². The highest BCUT2D eigenvalue weighted by Gasteiger charge is 2.19. The van der Waals surface area contributed by atoms with Gasteiger partial charge in [0.25, 0.3) is 5.91 Å². The molecule has 6 heteroatoms. The van der Waals surface area contributed by atoms with Crippen LogP contribution in [0.15, 0.2) is 48.7 Å². The van der Waals surface area contributed by atoms with Crippen LogP contribution in [0, 0.1) is 11.6 Å². The van der Waals surface area contributed by atoms with E-state index in [9.17, 15) is 13.6 Å². The number of halogens is 2. The fraction of sp³-hybridized carbons (Fsp3) is 0.250. The predicted molar refractivity (Wildman–Crippen MR) is 114 cm³/mol. The molecule has 0 saturated carbocycles. The van der Waals surface area contributed by atoms with Crippen LogP contribution in [0.1, 0.15) is 41.8 Å². The summed E-state index contributed by atoms with van der Waals surface area (Å²) in [4.78, 5) is 16.4. The number of nitrogens with zero attached hydrogens (tertiary/aromatic N) is 1. The van der Waals surface area contributed by atoms with Gasteiger partial charge in [0, 0.05) is 17.3 Å². The molecule has 1 aliphatic rings. The number of carbonyl (C=O) groups excluding carboxylic acids is 1. The molecule has 156 valence electrons. The number of ether oxygens (including phenoxy) is 1. The van der Waals surface area contributed by atoms with Gasteiger partial charge in [0.15, 0.2) is 0 Å². The summed E-state index contributed by atoms with van der Waals surface area (Å²) in [5.74, 6) is -1.75. The van der Waals surface area contributed by atoms with Gasteiger partial charge in [-0.2, -0.15) is 0 Å². The SMILES string of the molecule is CC.COc1cc2c(cc1-c1ccc(NC(=O)c3c(F)cccc3F)nc1)CCC2. The number of anilines is 1. The zero-order chi connectivity index (χ0) is 21.7. The Morgan fingerprint density at radius 3 is 2.30 bits per heavy atom. The lowest BCUT2D eigenvalue weighted by Crippen LogP contribution is -2.16. The molecule has 1 heterocycles. The van der Waals surface area contributed by atoms with Crippen molar-refractivity contribution in [1.29, 1.82) is 0 Å². The number of hydrogen-bond acceptors (Lipinski definition) is 3. The molecule has 1 N–H and O–H groups in total. The van der Waals surface area contributed by atoms with Crippen molar-refractivity contribution in [3.8, 4) is 16.9 Å². The van der Waals surface area contributed by atoms with Crippen LogP contribution < -0.4 is 10.1 Å². The van der Waals surface area contributed by atoms with E-state index < -0.39 is 23.1 Å². The Hall–Kier alpha value is -3.28. The number of methoxy groups -OCH3 is 1. The van der Waals surface area contributed by atoms with Crippen molar-refractivity contribution >= 4 is 11.7 Å². The molecular weight excluding hydrogens is 386 g/mol. The number of amides is 1. The van der Waals surface area contributed by atoms with Crippen LogP contribution in [-0.2, 0) is 12.8 Å². The molecule has 1 aliphatic carbocycles. The van der Waals surface area contributed by atoms with Crippen LogP contribution in [0.3, 0.4) is 0 Å². The third-order valence-electron chi connectivity index (χ3n) is 4.92. The first-order valence-corrected chi connectivity index (χ1v) is 9.98. The van der Waals surface area contributed by atoms with Gasteiger partial charge >= 0.3 is 0 Å². The van der Waals surface area contributed by atoms with Crippen LogP contribution in [-0.4, -0.2) is 18.0 Å². The fourth-order valence-corrected chi connectivity index (χ4v) is 3.52. The lowest BCUT2D eigenvalue weighted by molar-refractivity contribution is 0.101. The highest BCUT2D eigenvalue weighted by molar-refractivity contribution is 6.04. The number of fused-ring (bicyclic) bond motifs is 1. The van der Waals surface area contributed by atoms with E-state index in [0.717, 1.165) is 48.3 Å². The Balaban J connectivity index is 0.00000124. The molecule has 0 bridgehead atoms. The molecule has 0 fully saturated rings. The van der Waals surface area contributed by atoms with Gasteiger partial charge in [0.1, 0.15) is 28.8 Å². The first kappa shape index (κ1) is 21.4. The van der Waals surface area contributed by atoms with Crippen LogP contribution in [0.4, 0.5) is 14.6 Å². The van der Waals surface area contributed by atoms with Crippen LogP contribution >= 0.6 is 0 Å². The van der Waals surface area contributed by atoms with Crippen molar-refractivity contribution < 1.29 is 18.3 Å². The van der Waals surface area contributed by atoms with E-state index in [4.69, 9.17) is 4.74 Å². The standard InChI is InChI=1S/C22H18F2N2O2.C2H6/c1-28-19-11-14-5-2-4-13(14)10-16(19)15-8-9-20(25-12-15)26-22(27)21-17(23)6-3-7-18(21)24;1-2/h3,6-12H,2,4-5H2,1H3,(H,25,26,27);1-2H3. The van der Waals surface area contributed by atoms with E-state index in [1.54, 1.807) is 25.4 Å². The van der Waals surface area contributed by atoms with E-state index in [2.05, 4.69) is 22.4 Å². The fourth-order valence-electron chi connectivity index (χ4n) is 3.52. The Bertz CT molecular complexity index is 1030. The van der Waals surface area contributed by atoms with Gasteiger partial charge < -0.3 is 10.1 Å². The molecule has 2 aromatic carbocycles. The average molecular weight is 410 g/mol. The number of rotatable bonds is 4. The van der Waals surface area contributed by atoms with E-state index in [1.165, 1.54) is 17.2 Å². The van der Waals surface area contributed by atoms with E-state index in [0.29, 0.717) is 0 Å². The average Bonchev–Trinajstić information content (AvgIpc) is 3.22. The summed E-state index contributed by atoms with van der Waals surface area (Å²) in [7, 11) is 1.63. The highest BCUT2D eigenvalue weighted by atomic mass is 19.1. The molecule has 4 nitrogen and oxygen atoms in total. The first-order valence-electron chi connectivity index (χ1n) is 9.98. The second-order valence-electron chi connectivity index (χ2n) is 6.66.